The van der Waals surface area contributed by atoms with Crippen LogP contribution in [-0.4, -0.2) is 46.0 Å². The molecule has 3 aromatic rings. The maximum atomic E-state index is 12.5. The topological polar surface area (TPSA) is 96.9 Å². The van der Waals surface area contributed by atoms with Gasteiger partial charge >= 0.3 is 5.97 Å². The highest BCUT2D eigenvalue weighted by Gasteiger charge is 2.19. The molecular formula is C18H18N4O5S. The Hall–Kier alpha value is -3.14. The third-order valence-corrected chi connectivity index (χ3v) is 5.11. The van der Waals surface area contributed by atoms with Crippen LogP contribution in [0.2, 0.25) is 0 Å². The molecule has 0 fully saturated rings. The van der Waals surface area contributed by atoms with Crippen molar-refractivity contribution in [3.8, 4) is 11.5 Å². The van der Waals surface area contributed by atoms with Gasteiger partial charge in [-0.25, -0.2) is 0 Å². The predicted molar refractivity (Wildman–Crippen MR) is 101 cm³/mol. The Balaban J connectivity index is 1.84. The molecule has 1 aromatic carbocycles. The molecule has 0 N–H and O–H groups in total. The van der Waals surface area contributed by atoms with Gasteiger partial charge in [0.2, 0.25) is 0 Å². The lowest BCUT2D eigenvalue weighted by Crippen LogP contribution is -2.23. The number of carbonyl (C=O) groups is 2. The summed E-state index contributed by atoms with van der Waals surface area (Å²) in [4.78, 5) is 29.2. The van der Waals surface area contributed by atoms with Crippen molar-refractivity contribution in [2.75, 3.05) is 19.8 Å². The Morgan fingerprint density at radius 2 is 2.04 bits per heavy atom. The Kier molecular flexibility index (Phi) is 4.86. The number of fused-ring (bicyclic) bond motifs is 2. The maximum absolute atomic E-state index is 12.5. The van der Waals surface area contributed by atoms with E-state index in [9.17, 15) is 9.59 Å². The molecule has 4 rings (SSSR count). The summed E-state index contributed by atoms with van der Waals surface area (Å²) in [6.07, 6.45) is 1.67. The summed E-state index contributed by atoms with van der Waals surface area (Å²) in [5, 5.41) is 4.08. The molecule has 28 heavy (non-hydrogen) atoms. The van der Waals surface area contributed by atoms with Crippen LogP contribution in [0.15, 0.2) is 29.4 Å². The molecule has 1 amide bonds. The minimum absolute atomic E-state index is 0.0676. The van der Waals surface area contributed by atoms with Gasteiger partial charge in [0, 0.05) is 25.4 Å². The standard InChI is InChI=1S/C18H18N4O5S/c1-3-25-16(23)10-22-12-8-13-14(27-7-6-26-13)9-15(12)28-18(22)19-17(24)11-4-5-21(2)20-11/h4-5,8-9H,3,6-7,10H2,1-2H3. The lowest BCUT2D eigenvalue weighted by atomic mass is 10.2. The fourth-order valence-electron chi connectivity index (χ4n) is 2.85. The highest BCUT2D eigenvalue weighted by Crippen LogP contribution is 2.35. The number of rotatable bonds is 4. The highest BCUT2D eigenvalue weighted by atomic mass is 32.1. The van der Waals surface area contributed by atoms with Gasteiger partial charge in [-0.15, -0.1) is 0 Å². The number of aromatic nitrogens is 3. The fraction of sp³-hybridized carbons (Fsp3) is 0.333. The second-order valence-corrected chi connectivity index (χ2v) is 7.04. The molecular weight excluding hydrogens is 384 g/mol. The van der Waals surface area contributed by atoms with Crippen molar-refractivity contribution in [2.45, 2.75) is 13.5 Å². The van der Waals surface area contributed by atoms with Crippen molar-refractivity contribution in [2.24, 2.45) is 12.0 Å². The number of esters is 1. The zero-order valence-corrected chi connectivity index (χ0v) is 16.2. The van der Waals surface area contributed by atoms with Gasteiger partial charge in [0.05, 0.1) is 16.8 Å². The number of nitrogens with zero attached hydrogens (tertiary/aromatic N) is 4. The van der Waals surface area contributed by atoms with E-state index in [4.69, 9.17) is 14.2 Å². The number of hydrogen-bond donors (Lipinski definition) is 0. The SMILES string of the molecule is CCOC(=O)Cn1c(=NC(=O)c2ccn(C)n2)sc2cc3c(cc21)OCCO3. The van der Waals surface area contributed by atoms with Gasteiger partial charge in [-0.05, 0) is 13.0 Å². The van der Waals surface area contributed by atoms with Gasteiger partial charge in [-0.2, -0.15) is 10.1 Å². The molecule has 3 heterocycles. The molecule has 1 aliphatic rings. The van der Waals surface area contributed by atoms with Crippen molar-refractivity contribution in [3.63, 3.8) is 0 Å². The molecule has 0 radical (unpaired) electrons. The average molecular weight is 402 g/mol. The maximum Gasteiger partial charge on any atom is 0.326 e. The number of thiazole rings is 1. The molecule has 0 unspecified atom stereocenters. The number of amides is 1. The first kappa shape index (κ1) is 18.2. The first-order valence-corrected chi connectivity index (χ1v) is 9.54. The number of ether oxygens (including phenoxy) is 3. The van der Waals surface area contributed by atoms with Crippen molar-refractivity contribution in [1.82, 2.24) is 14.3 Å². The summed E-state index contributed by atoms with van der Waals surface area (Å²) in [6.45, 7) is 2.87. The van der Waals surface area contributed by atoms with Gasteiger partial charge in [0.25, 0.3) is 5.91 Å². The molecule has 2 aromatic heterocycles. The highest BCUT2D eigenvalue weighted by molar-refractivity contribution is 7.16. The zero-order valence-electron chi connectivity index (χ0n) is 15.4. The Bertz CT molecular complexity index is 1130. The van der Waals surface area contributed by atoms with E-state index in [1.807, 2.05) is 6.07 Å². The van der Waals surface area contributed by atoms with Crippen molar-refractivity contribution < 1.29 is 23.8 Å². The summed E-state index contributed by atoms with van der Waals surface area (Å²) in [6, 6.07) is 5.22. The molecule has 9 nitrogen and oxygen atoms in total. The quantitative estimate of drug-likeness (QED) is 0.614. The van der Waals surface area contributed by atoms with E-state index in [0.717, 1.165) is 10.2 Å². The van der Waals surface area contributed by atoms with Crippen LogP contribution in [-0.2, 0) is 23.1 Å². The molecule has 1 aliphatic heterocycles. The molecule has 10 heteroatoms. The molecule has 0 spiro atoms. The van der Waals surface area contributed by atoms with Crippen LogP contribution >= 0.6 is 11.3 Å². The monoisotopic (exact) mass is 402 g/mol. The first-order valence-electron chi connectivity index (χ1n) is 8.72. The summed E-state index contributed by atoms with van der Waals surface area (Å²) in [5.41, 5.74) is 0.948. The van der Waals surface area contributed by atoms with Crippen molar-refractivity contribution in [1.29, 1.82) is 0 Å². The number of benzene rings is 1. The normalized spacial score (nSPS) is 13.7. The number of carbonyl (C=O) groups excluding carboxylic acids is 2. The largest absolute Gasteiger partial charge is 0.486 e. The second-order valence-electron chi connectivity index (χ2n) is 6.03. The van der Waals surface area contributed by atoms with Crippen LogP contribution in [0.3, 0.4) is 0 Å². The van der Waals surface area contributed by atoms with Crippen LogP contribution in [0, 0.1) is 0 Å². The summed E-state index contributed by atoms with van der Waals surface area (Å²) in [7, 11) is 1.72. The second kappa shape index (κ2) is 7.47. The van der Waals surface area contributed by atoms with E-state index >= 15 is 0 Å². The zero-order chi connectivity index (χ0) is 19.7. The van der Waals surface area contributed by atoms with Crippen LogP contribution in [0.5, 0.6) is 11.5 Å². The van der Waals surface area contributed by atoms with Gasteiger partial charge in [0.15, 0.2) is 22.0 Å². The third kappa shape index (κ3) is 3.50. The summed E-state index contributed by atoms with van der Waals surface area (Å²) in [5.74, 6) is 0.327. The Morgan fingerprint density at radius 3 is 2.71 bits per heavy atom. The van der Waals surface area contributed by atoms with Gasteiger partial charge in [-0.3, -0.25) is 14.3 Å². The minimum Gasteiger partial charge on any atom is -0.486 e. The average Bonchev–Trinajstić information content (AvgIpc) is 3.24. The number of hydrogen-bond acceptors (Lipinski definition) is 7. The van der Waals surface area contributed by atoms with E-state index in [1.54, 1.807) is 36.9 Å². The summed E-state index contributed by atoms with van der Waals surface area (Å²) < 4.78 is 20.3. The van der Waals surface area contributed by atoms with E-state index in [-0.39, 0.29) is 18.8 Å². The van der Waals surface area contributed by atoms with E-state index in [2.05, 4.69) is 10.1 Å². The molecule has 0 aliphatic carbocycles. The molecule has 0 saturated heterocycles. The van der Waals surface area contributed by atoms with E-state index in [1.165, 1.54) is 16.0 Å². The van der Waals surface area contributed by atoms with Crippen molar-refractivity contribution >= 4 is 33.4 Å². The lowest BCUT2D eigenvalue weighted by molar-refractivity contribution is -0.143. The van der Waals surface area contributed by atoms with Crippen LogP contribution in [0.4, 0.5) is 0 Å². The number of aryl methyl sites for hydroxylation is 1. The van der Waals surface area contributed by atoms with Gasteiger partial charge in [0.1, 0.15) is 19.8 Å². The van der Waals surface area contributed by atoms with Crippen molar-refractivity contribution in [3.05, 3.63) is 34.9 Å². The van der Waals surface area contributed by atoms with Gasteiger partial charge in [-0.1, -0.05) is 11.3 Å². The first-order chi connectivity index (χ1) is 13.5. The molecule has 0 bridgehead atoms. The Morgan fingerprint density at radius 1 is 1.29 bits per heavy atom. The van der Waals surface area contributed by atoms with Gasteiger partial charge < -0.3 is 18.8 Å². The van der Waals surface area contributed by atoms with Crippen LogP contribution < -0.4 is 14.3 Å². The summed E-state index contributed by atoms with van der Waals surface area (Å²) >= 11 is 1.28. The van der Waals surface area contributed by atoms with Crippen LogP contribution in [0.1, 0.15) is 17.4 Å². The minimum atomic E-state index is -0.484. The smallest absolute Gasteiger partial charge is 0.326 e. The van der Waals surface area contributed by atoms with E-state index < -0.39 is 11.9 Å². The Labute approximate surface area is 163 Å². The van der Waals surface area contributed by atoms with Crippen LogP contribution in [0.25, 0.3) is 10.2 Å². The molecule has 0 saturated carbocycles. The molecule has 146 valence electrons. The predicted octanol–water partition coefficient (Wildman–Crippen LogP) is 1.51. The third-order valence-electron chi connectivity index (χ3n) is 4.07. The molecule has 0 atom stereocenters. The lowest BCUT2D eigenvalue weighted by Gasteiger charge is -2.18. The van der Waals surface area contributed by atoms with E-state index in [0.29, 0.717) is 29.5 Å². The fourth-order valence-corrected chi connectivity index (χ4v) is 3.89.